The first-order chi connectivity index (χ1) is 6.72. The average Bonchev–Trinajstić information content (AvgIpc) is 2.23. The van der Waals surface area contributed by atoms with Gasteiger partial charge in [-0.15, -0.1) is 0 Å². The van der Waals surface area contributed by atoms with Crippen molar-refractivity contribution in [3.05, 3.63) is 34.7 Å². The molecule has 2 aromatic rings. The van der Waals surface area contributed by atoms with Gasteiger partial charge in [-0.1, -0.05) is 0 Å². The van der Waals surface area contributed by atoms with E-state index < -0.39 is 0 Å². The summed E-state index contributed by atoms with van der Waals surface area (Å²) in [6, 6.07) is 5.35. The molecule has 0 spiro atoms. The molecule has 0 aliphatic heterocycles. The minimum absolute atomic E-state index is 0.110. The van der Waals surface area contributed by atoms with Crippen molar-refractivity contribution in [2.45, 2.75) is 0 Å². The molecule has 0 aliphatic rings. The fraction of sp³-hybridized carbons (Fsp3) is 0.200. The van der Waals surface area contributed by atoms with Crippen LogP contribution in [0.15, 0.2) is 29.2 Å². The topological polar surface area (TPSA) is 44.1 Å². The Morgan fingerprint density at radius 3 is 2.93 bits per heavy atom. The summed E-state index contributed by atoms with van der Waals surface area (Å²) in [5.74, 6) is 0.681. The van der Waals surface area contributed by atoms with Crippen LogP contribution in [0.3, 0.4) is 0 Å². The molecule has 0 saturated heterocycles. The van der Waals surface area contributed by atoms with Crippen molar-refractivity contribution >= 4 is 10.8 Å². The summed E-state index contributed by atoms with van der Waals surface area (Å²) >= 11 is 0. The molecule has 0 aliphatic carbocycles. The van der Waals surface area contributed by atoms with E-state index in [9.17, 15) is 4.79 Å². The molecule has 0 unspecified atom stereocenters. The number of ether oxygens (including phenoxy) is 1. The molecule has 0 saturated carbocycles. The SMILES string of the molecule is COc1ccc2cnn(C)c(=O)c2c1. The summed E-state index contributed by atoms with van der Waals surface area (Å²) < 4.78 is 6.36. The Kier molecular flexibility index (Phi) is 1.96. The normalized spacial score (nSPS) is 10.4. The molecule has 1 aromatic carbocycles. The van der Waals surface area contributed by atoms with E-state index in [0.717, 1.165) is 5.39 Å². The van der Waals surface area contributed by atoms with Gasteiger partial charge in [0.25, 0.3) is 5.56 Å². The number of aryl methyl sites for hydroxylation is 1. The second-order valence-electron chi connectivity index (χ2n) is 3.03. The van der Waals surface area contributed by atoms with Crippen LogP contribution in [0.5, 0.6) is 5.75 Å². The highest BCUT2D eigenvalue weighted by atomic mass is 16.5. The van der Waals surface area contributed by atoms with Crippen molar-refractivity contribution in [1.82, 2.24) is 9.78 Å². The molecule has 1 aromatic heterocycles. The zero-order valence-corrected chi connectivity index (χ0v) is 8.02. The first-order valence-corrected chi connectivity index (χ1v) is 4.22. The number of aromatic nitrogens is 2. The van der Waals surface area contributed by atoms with Gasteiger partial charge in [-0.3, -0.25) is 4.79 Å². The van der Waals surface area contributed by atoms with Crippen LogP contribution in [0.2, 0.25) is 0 Å². The molecule has 0 bridgehead atoms. The standard InChI is InChI=1S/C10H10N2O2/c1-12-10(13)9-5-8(14-2)4-3-7(9)6-11-12/h3-6H,1-2H3. The van der Waals surface area contributed by atoms with Crippen LogP contribution in [-0.2, 0) is 7.05 Å². The minimum atomic E-state index is -0.110. The Bertz CT molecular complexity index is 531. The summed E-state index contributed by atoms with van der Waals surface area (Å²) in [6.45, 7) is 0. The van der Waals surface area contributed by atoms with Crippen LogP contribution >= 0.6 is 0 Å². The Balaban J connectivity index is 2.85. The van der Waals surface area contributed by atoms with Gasteiger partial charge >= 0.3 is 0 Å². The molecule has 0 radical (unpaired) electrons. The van der Waals surface area contributed by atoms with Gasteiger partial charge in [-0.25, -0.2) is 4.68 Å². The molecular weight excluding hydrogens is 180 g/mol. The van der Waals surface area contributed by atoms with Gasteiger partial charge in [-0.05, 0) is 18.2 Å². The van der Waals surface area contributed by atoms with Crippen LogP contribution in [0.1, 0.15) is 0 Å². The number of methoxy groups -OCH3 is 1. The van der Waals surface area contributed by atoms with Gasteiger partial charge in [0.15, 0.2) is 0 Å². The maximum absolute atomic E-state index is 11.6. The van der Waals surface area contributed by atoms with Gasteiger partial charge in [0, 0.05) is 12.4 Å². The summed E-state index contributed by atoms with van der Waals surface area (Å²) in [6.07, 6.45) is 1.66. The number of hydrogen-bond donors (Lipinski definition) is 0. The largest absolute Gasteiger partial charge is 0.497 e. The van der Waals surface area contributed by atoms with Crippen molar-refractivity contribution < 1.29 is 4.74 Å². The smallest absolute Gasteiger partial charge is 0.274 e. The quantitative estimate of drug-likeness (QED) is 0.672. The second-order valence-corrected chi connectivity index (χ2v) is 3.03. The summed E-state index contributed by atoms with van der Waals surface area (Å²) in [5, 5.41) is 5.38. The molecule has 72 valence electrons. The molecule has 2 rings (SSSR count). The monoisotopic (exact) mass is 190 g/mol. The first-order valence-electron chi connectivity index (χ1n) is 4.22. The highest BCUT2D eigenvalue weighted by Crippen LogP contribution is 2.16. The van der Waals surface area contributed by atoms with E-state index in [-0.39, 0.29) is 5.56 Å². The molecule has 4 heteroatoms. The van der Waals surface area contributed by atoms with Crippen LogP contribution in [0.25, 0.3) is 10.8 Å². The summed E-state index contributed by atoms with van der Waals surface area (Å²) in [4.78, 5) is 11.6. The van der Waals surface area contributed by atoms with E-state index in [1.165, 1.54) is 4.68 Å². The number of rotatable bonds is 1. The number of hydrogen-bond acceptors (Lipinski definition) is 3. The van der Waals surface area contributed by atoms with Crippen LogP contribution < -0.4 is 10.3 Å². The van der Waals surface area contributed by atoms with Crippen molar-refractivity contribution in [2.75, 3.05) is 7.11 Å². The molecule has 14 heavy (non-hydrogen) atoms. The molecule has 0 amide bonds. The zero-order chi connectivity index (χ0) is 10.1. The van der Waals surface area contributed by atoms with Gasteiger partial charge in [0.05, 0.1) is 18.7 Å². The van der Waals surface area contributed by atoms with Crippen molar-refractivity contribution in [2.24, 2.45) is 7.05 Å². The van der Waals surface area contributed by atoms with E-state index >= 15 is 0 Å². The van der Waals surface area contributed by atoms with E-state index in [0.29, 0.717) is 11.1 Å². The lowest BCUT2D eigenvalue weighted by Crippen LogP contribution is -2.18. The van der Waals surface area contributed by atoms with E-state index in [2.05, 4.69) is 5.10 Å². The predicted octanol–water partition coefficient (Wildman–Crippen LogP) is 0.942. The predicted molar refractivity (Wildman–Crippen MR) is 53.5 cm³/mol. The third-order valence-electron chi connectivity index (χ3n) is 2.15. The molecule has 1 heterocycles. The summed E-state index contributed by atoms with van der Waals surface area (Å²) in [5.41, 5.74) is -0.110. The Labute approximate surface area is 80.7 Å². The lowest BCUT2D eigenvalue weighted by molar-refractivity contribution is 0.415. The van der Waals surface area contributed by atoms with Crippen LogP contribution in [0, 0.1) is 0 Å². The molecule has 0 N–H and O–H groups in total. The second kappa shape index (κ2) is 3.14. The maximum Gasteiger partial charge on any atom is 0.274 e. The number of benzene rings is 1. The lowest BCUT2D eigenvalue weighted by Gasteiger charge is -2.02. The average molecular weight is 190 g/mol. The minimum Gasteiger partial charge on any atom is -0.497 e. The number of nitrogens with zero attached hydrogens (tertiary/aromatic N) is 2. The Hall–Kier alpha value is -1.84. The fourth-order valence-corrected chi connectivity index (χ4v) is 1.34. The van der Waals surface area contributed by atoms with Crippen molar-refractivity contribution in [1.29, 1.82) is 0 Å². The van der Waals surface area contributed by atoms with Crippen LogP contribution in [0.4, 0.5) is 0 Å². The van der Waals surface area contributed by atoms with Crippen molar-refractivity contribution in [3.8, 4) is 5.75 Å². The van der Waals surface area contributed by atoms with E-state index in [1.807, 2.05) is 12.1 Å². The highest BCUT2D eigenvalue weighted by molar-refractivity contribution is 5.81. The van der Waals surface area contributed by atoms with E-state index in [1.54, 1.807) is 26.4 Å². The molecule has 0 fully saturated rings. The summed E-state index contributed by atoms with van der Waals surface area (Å²) in [7, 11) is 3.20. The van der Waals surface area contributed by atoms with Gasteiger partial charge < -0.3 is 4.74 Å². The molecule has 0 atom stereocenters. The van der Waals surface area contributed by atoms with Gasteiger partial charge in [0.1, 0.15) is 5.75 Å². The van der Waals surface area contributed by atoms with Crippen LogP contribution in [-0.4, -0.2) is 16.9 Å². The Morgan fingerprint density at radius 1 is 1.43 bits per heavy atom. The third-order valence-corrected chi connectivity index (χ3v) is 2.15. The first kappa shape index (κ1) is 8.74. The maximum atomic E-state index is 11.6. The van der Waals surface area contributed by atoms with Gasteiger partial charge in [-0.2, -0.15) is 5.10 Å². The lowest BCUT2D eigenvalue weighted by atomic mass is 10.2. The highest BCUT2D eigenvalue weighted by Gasteiger charge is 2.02. The van der Waals surface area contributed by atoms with Gasteiger partial charge in [0.2, 0.25) is 0 Å². The van der Waals surface area contributed by atoms with Crippen molar-refractivity contribution in [3.63, 3.8) is 0 Å². The van der Waals surface area contributed by atoms with E-state index in [4.69, 9.17) is 4.74 Å². The Morgan fingerprint density at radius 2 is 2.21 bits per heavy atom. The number of fused-ring (bicyclic) bond motifs is 1. The zero-order valence-electron chi connectivity index (χ0n) is 8.02. The molecular formula is C10H10N2O2. The third kappa shape index (κ3) is 1.25. The molecule has 4 nitrogen and oxygen atoms in total. The fourth-order valence-electron chi connectivity index (χ4n) is 1.34.